The van der Waals surface area contributed by atoms with Crippen molar-refractivity contribution in [1.29, 1.82) is 0 Å². The molecule has 3 aromatic rings. The van der Waals surface area contributed by atoms with Gasteiger partial charge < -0.3 is 18.9 Å². The van der Waals surface area contributed by atoms with Gasteiger partial charge in [-0.15, -0.1) is 5.10 Å². The molecule has 30 heavy (non-hydrogen) atoms. The van der Waals surface area contributed by atoms with Gasteiger partial charge in [-0.2, -0.15) is 0 Å². The van der Waals surface area contributed by atoms with Crippen molar-refractivity contribution < 1.29 is 19.1 Å². The van der Waals surface area contributed by atoms with Crippen LogP contribution in [0.15, 0.2) is 47.6 Å². The molecule has 0 radical (unpaired) electrons. The Hall–Kier alpha value is -3.33. The van der Waals surface area contributed by atoms with E-state index in [2.05, 4.69) is 10.5 Å². The minimum Gasteiger partial charge on any atom is -0.486 e. The van der Waals surface area contributed by atoms with E-state index in [1.165, 1.54) is 11.3 Å². The van der Waals surface area contributed by atoms with E-state index in [4.69, 9.17) is 9.47 Å². The fourth-order valence-electron chi connectivity index (χ4n) is 3.72. The monoisotopic (exact) mass is 424 g/mol. The molecular formula is C21H20N4O4S. The van der Waals surface area contributed by atoms with E-state index in [1.54, 1.807) is 17.0 Å². The van der Waals surface area contributed by atoms with Crippen LogP contribution in [-0.2, 0) is 16.6 Å². The van der Waals surface area contributed by atoms with Gasteiger partial charge in [0.1, 0.15) is 13.2 Å². The van der Waals surface area contributed by atoms with Gasteiger partial charge in [0.2, 0.25) is 16.6 Å². The van der Waals surface area contributed by atoms with Crippen LogP contribution < -0.4 is 24.6 Å². The van der Waals surface area contributed by atoms with E-state index in [-0.39, 0.29) is 18.2 Å². The zero-order valence-corrected chi connectivity index (χ0v) is 17.1. The van der Waals surface area contributed by atoms with Crippen molar-refractivity contribution in [2.45, 2.75) is 6.42 Å². The number of fused-ring (bicyclic) bond motifs is 2. The Bertz CT molecular complexity index is 1220. The molecule has 8 nitrogen and oxygen atoms in total. The van der Waals surface area contributed by atoms with E-state index >= 15 is 0 Å². The highest BCUT2D eigenvalue weighted by atomic mass is 32.1. The zero-order valence-electron chi connectivity index (χ0n) is 16.3. The topological polar surface area (TPSA) is 85.2 Å². The predicted molar refractivity (Wildman–Crippen MR) is 112 cm³/mol. The van der Waals surface area contributed by atoms with Crippen molar-refractivity contribution in [3.05, 3.63) is 47.3 Å². The molecule has 1 N–H and O–H groups in total. The molecule has 5 rings (SSSR count). The van der Waals surface area contributed by atoms with Crippen LogP contribution in [0.2, 0.25) is 0 Å². The van der Waals surface area contributed by atoms with Gasteiger partial charge in [0.05, 0.1) is 16.1 Å². The van der Waals surface area contributed by atoms with Gasteiger partial charge in [-0.05, 0) is 24.3 Å². The van der Waals surface area contributed by atoms with Crippen molar-refractivity contribution in [3.8, 4) is 11.5 Å². The molecule has 1 aromatic heterocycles. The van der Waals surface area contributed by atoms with Gasteiger partial charge in [-0.1, -0.05) is 23.5 Å². The number of nitrogens with one attached hydrogen (secondary N) is 1. The van der Waals surface area contributed by atoms with Crippen molar-refractivity contribution >= 4 is 39.1 Å². The second-order valence-electron chi connectivity index (χ2n) is 7.23. The summed E-state index contributed by atoms with van der Waals surface area (Å²) in [6.45, 7) is 1.29. The molecule has 0 aliphatic carbocycles. The molecule has 0 saturated carbocycles. The van der Waals surface area contributed by atoms with E-state index in [0.29, 0.717) is 41.7 Å². The molecule has 0 bridgehead atoms. The van der Waals surface area contributed by atoms with E-state index in [1.807, 2.05) is 41.9 Å². The summed E-state index contributed by atoms with van der Waals surface area (Å²) in [5.41, 5.74) is 4.39. The smallest absolute Gasteiger partial charge is 0.245 e. The Morgan fingerprint density at radius 2 is 1.97 bits per heavy atom. The van der Waals surface area contributed by atoms with Gasteiger partial charge in [-0.3, -0.25) is 9.59 Å². The number of carbonyl (C=O) groups is 2. The van der Waals surface area contributed by atoms with Gasteiger partial charge in [0, 0.05) is 31.8 Å². The number of thiazole rings is 1. The number of aryl methyl sites for hydroxylation is 1. The Morgan fingerprint density at radius 3 is 2.80 bits per heavy atom. The average molecular weight is 424 g/mol. The third-order valence-electron chi connectivity index (χ3n) is 5.31. The highest BCUT2D eigenvalue weighted by Gasteiger charge is 2.35. The number of nitrogens with zero attached hydrogens (tertiary/aromatic N) is 3. The summed E-state index contributed by atoms with van der Waals surface area (Å²) in [7, 11) is 1.91. The van der Waals surface area contributed by atoms with Crippen LogP contribution in [0.3, 0.4) is 0 Å². The van der Waals surface area contributed by atoms with Crippen molar-refractivity contribution in [2.24, 2.45) is 18.1 Å². The lowest BCUT2D eigenvalue weighted by atomic mass is 10.1. The minimum atomic E-state index is -0.464. The number of benzene rings is 2. The number of rotatable bonds is 3. The number of para-hydroxylation sites is 1. The fraction of sp³-hybridized carbons (Fsp3) is 0.286. The standard InChI is InChI=1S/C21H20N4O4S/c1-24-15-4-2-3-5-18(15)30-21(24)23-22-20(27)13-10-19(26)25(12-13)14-6-7-16-17(11-14)29-9-8-28-16/h2-7,11,13H,8-10,12H2,1H3,(H,22,27)/b23-21+/t13-/m0/s1. The number of carbonyl (C=O) groups excluding carboxylic acids is 2. The van der Waals surface area contributed by atoms with Gasteiger partial charge in [0.25, 0.3) is 0 Å². The van der Waals surface area contributed by atoms with E-state index < -0.39 is 5.92 Å². The number of anilines is 1. The van der Waals surface area contributed by atoms with Crippen LogP contribution in [0.25, 0.3) is 10.2 Å². The first-order valence-corrected chi connectivity index (χ1v) is 10.5. The van der Waals surface area contributed by atoms with Crippen LogP contribution in [-0.4, -0.2) is 36.1 Å². The second kappa shape index (κ2) is 7.49. The van der Waals surface area contributed by atoms with Crippen LogP contribution in [0.1, 0.15) is 6.42 Å². The number of ether oxygens (including phenoxy) is 2. The molecular weight excluding hydrogens is 404 g/mol. The van der Waals surface area contributed by atoms with Crippen LogP contribution in [0.5, 0.6) is 11.5 Å². The Labute approximate surface area is 176 Å². The van der Waals surface area contributed by atoms with Crippen molar-refractivity contribution in [3.63, 3.8) is 0 Å². The summed E-state index contributed by atoms with van der Waals surface area (Å²) in [5.74, 6) is 0.460. The Kier molecular flexibility index (Phi) is 4.66. The highest BCUT2D eigenvalue weighted by molar-refractivity contribution is 7.16. The van der Waals surface area contributed by atoms with Gasteiger partial charge in [-0.25, -0.2) is 5.43 Å². The molecule has 3 heterocycles. The Morgan fingerprint density at radius 1 is 1.17 bits per heavy atom. The molecule has 0 spiro atoms. The largest absolute Gasteiger partial charge is 0.486 e. The third-order valence-corrected chi connectivity index (χ3v) is 6.42. The summed E-state index contributed by atoms with van der Waals surface area (Å²) < 4.78 is 14.1. The second-order valence-corrected chi connectivity index (χ2v) is 8.24. The van der Waals surface area contributed by atoms with Crippen LogP contribution in [0.4, 0.5) is 5.69 Å². The molecule has 2 amide bonds. The molecule has 2 aromatic carbocycles. The van der Waals surface area contributed by atoms with E-state index in [0.717, 1.165) is 10.2 Å². The van der Waals surface area contributed by atoms with Crippen molar-refractivity contribution in [1.82, 2.24) is 9.99 Å². The summed E-state index contributed by atoms with van der Waals surface area (Å²) in [6, 6.07) is 13.4. The van der Waals surface area contributed by atoms with E-state index in [9.17, 15) is 9.59 Å². The molecule has 1 atom stereocenters. The molecule has 154 valence electrons. The third kappa shape index (κ3) is 3.30. The number of aromatic nitrogens is 1. The number of hydrogen-bond acceptors (Lipinski definition) is 6. The summed E-state index contributed by atoms with van der Waals surface area (Å²) in [4.78, 5) is 27.5. The fourth-order valence-corrected chi connectivity index (χ4v) is 4.69. The zero-order chi connectivity index (χ0) is 20.7. The normalized spacial score (nSPS) is 18.8. The number of amides is 2. The lowest BCUT2D eigenvalue weighted by Crippen LogP contribution is -2.32. The molecule has 9 heteroatoms. The predicted octanol–water partition coefficient (Wildman–Crippen LogP) is 2.00. The first kappa shape index (κ1) is 18.7. The van der Waals surface area contributed by atoms with Crippen LogP contribution in [0, 0.1) is 5.92 Å². The molecule has 2 aliphatic heterocycles. The summed E-state index contributed by atoms with van der Waals surface area (Å²) >= 11 is 1.50. The van der Waals surface area contributed by atoms with Crippen LogP contribution >= 0.6 is 11.3 Å². The lowest BCUT2D eigenvalue weighted by Gasteiger charge is -2.22. The first-order chi connectivity index (χ1) is 14.6. The summed E-state index contributed by atoms with van der Waals surface area (Å²) in [5, 5.41) is 4.28. The van der Waals surface area contributed by atoms with Crippen molar-refractivity contribution in [2.75, 3.05) is 24.7 Å². The highest BCUT2D eigenvalue weighted by Crippen LogP contribution is 2.36. The maximum Gasteiger partial charge on any atom is 0.245 e. The molecule has 1 saturated heterocycles. The average Bonchev–Trinajstić information content (AvgIpc) is 3.32. The first-order valence-electron chi connectivity index (χ1n) is 9.68. The quantitative estimate of drug-likeness (QED) is 0.652. The molecule has 2 aliphatic rings. The van der Waals surface area contributed by atoms with Gasteiger partial charge >= 0.3 is 0 Å². The minimum absolute atomic E-state index is 0.0979. The Balaban J connectivity index is 1.31. The molecule has 0 unspecified atom stereocenters. The number of hydrogen-bond donors (Lipinski definition) is 1. The maximum atomic E-state index is 12.7. The maximum absolute atomic E-state index is 12.7. The summed E-state index contributed by atoms with van der Waals surface area (Å²) in [6.07, 6.45) is 0.147. The lowest BCUT2D eigenvalue weighted by molar-refractivity contribution is -0.126. The molecule has 1 fully saturated rings. The SMILES string of the molecule is Cn1/c(=N\NC(=O)[C@H]2CC(=O)N(c3ccc4c(c3)OCCO4)C2)sc2ccccc21. The van der Waals surface area contributed by atoms with Gasteiger partial charge in [0.15, 0.2) is 11.5 Å².